The molecule has 4 aliphatic rings. The van der Waals surface area contributed by atoms with Crippen molar-refractivity contribution in [1.29, 1.82) is 0 Å². The molecule has 26 heavy (non-hydrogen) atoms. The average Bonchev–Trinajstić information content (AvgIpc) is 2.64. The zero-order valence-electron chi connectivity index (χ0n) is 15.8. The second-order valence-corrected chi connectivity index (χ2v) is 8.58. The van der Waals surface area contributed by atoms with Crippen molar-refractivity contribution >= 4 is 12.0 Å². The second kappa shape index (κ2) is 6.82. The van der Waals surface area contributed by atoms with Gasteiger partial charge in [0.25, 0.3) is 0 Å². The quantitative estimate of drug-likeness (QED) is 0.624. The van der Waals surface area contributed by atoms with Crippen LogP contribution in [0.2, 0.25) is 0 Å². The largest absolute Gasteiger partial charge is 0.466 e. The third-order valence-corrected chi connectivity index (χ3v) is 6.70. The fourth-order valence-corrected chi connectivity index (χ4v) is 5.89. The molecule has 5 rings (SSSR count). The summed E-state index contributed by atoms with van der Waals surface area (Å²) in [6.07, 6.45) is 10.9. The standard InChI is InChI=1S/C22H29NO3/c1-25-20(24)8-7-16-3-5-17(6-4-16)14-23-21-10-18-9-19(11-21)13-22(12-18,15-21)26-2/h3-8,18-19,23H,9-15H2,1-2H3/b8-7+/t18-,19+,21?,22?. The molecule has 140 valence electrons. The van der Waals surface area contributed by atoms with Gasteiger partial charge in [-0.05, 0) is 67.6 Å². The number of hydrogen-bond acceptors (Lipinski definition) is 4. The van der Waals surface area contributed by atoms with Gasteiger partial charge in [0.15, 0.2) is 0 Å². The topological polar surface area (TPSA) is 47.6 Å². The lowest BCUT2D eigenvalue weighted by molar-refractivity contribution is -0.161. The van der Waals surface area contributed by atoms with Crippen LogP contribution in [-0.4, -0.2) is 31.3 Å². The fraction of sp³-hybridized carbons (Fsp3) is 0.591. The minimum Gasteiger partial charge on any atom is -0.466 e. The first-order chi connectivity index (χ1) is 12.5. The summed E-state index contributed by atoms with van der Waals surface area (Å²) in [4.78, 5) is 11.2. The Morgan fingerprint density at radius 3 is 2.46 bits per heavy atom. The Balaban J connectivity index is 1.40. The molecule has 4 nitrogen and oxygen atoms in total. The number of methoxy groups -OCH3 is 2. The first-order valence-electron chi connectivity index (χ1n) is 9.69. The number of benzene rings is 1. The van der Waals surface area contributed by atoms with Gasteiger partial charge in [0.05, 0.1) is 12.7 Å². The van der Waals surface area contributed by atoms with E-state index in [-0.39, 0.29) is 17.1 Å². The highest BCUT2D eigenvalue weighted by molar-refractivity contribution is 5.86. The molecular weight excluding hydrogens is 326 g/mol. The van der Waals surface area contributed by atoms with Gasteiger partial charge in [0.2, 0.25) is 0 Å². The Labute approximate surface area is 156 Å². The van der Waals surface area contributed by atoms with E-state index in [0.717, 1.165) is 30.4 Å². The third kappa shape index (κ3) is 3.45. The molecule has 4 aliphatic carbocycles. The zero-order chi connectivity index (χ0) is 18.2. The van der Waals surface area contributed by atoms with Gasteiger partial charge in [-0.3, -0.25) is 0 Å². The zero-order valence-corrected chi connectivity index (χ0v) is 15.8. The van der Waals surface area contributed by atoms with Crippen LogP contribution in [0.3, 0.4) is 0 Å². The highest BCUT2D eigenvalue weighted by atomic mass is 16.5. The fourth-order valence-electron chi connectivity index (χ4n) is 5.89. The van der Waals surface area contributed by atoms with Crippen LogP contribution in [-0.2, 0) is 20.8 Å². The van der Waals surface area contributed by atoms with Gasteiger partial charge in [0.1, 0.15) is 0 Å². The summed E-state index contributed by atoms with van der Waals surface area (Å²) in [6, 6.07) is 8.37. The van der Waals surface area contributed by atoms with E-state index in [1.807, 2.05) is 19.2 Å². The monoisotopic (exact) mass is 355 g/mol. The van der Waals surface area contributed by atoms with Crippen molar-refractivity contribution in [2.24, 2.45) is 11.8 Å². The lowest BCUT2D eigenvalue weighted by atomic mass is 9.51. The van der Waals surface area contributed by atoms with Gasteiger partial charge >= 0.3 is 5.97 Å². The van der Waals surface area contributed by atoms with E-state index in [9.17, 15) is 4.79 Å². The number of carbonyl (C=O) groups is 1. The van der Waals surface area contributed by atoms with Gasteiger partial charge in [0, 0.05) is 25.3 Å². The molecule has 4 saturated carbocycles. The van der Waals surface area contributed by atoms with Crippen molar-refractivity contribution in [1.82, 2.24) is 5.32 Å². The maximum atomic E-state index is 11.2. The van der Waals surface area contributed by atoms with Crippen LogP contribution in [0.25, 0.3) is 6.08 Å². The van der Waals surface area contributed by atoms with E-state index < -0.39 is 0 Å². The summed E-state index contributed by atoms with van der Waals surface area (Å²) < 4.78 is 10.6. The van der Waals surface area contributed by atoms with Gasteiger partial charge in [-0.2, -0.15) is 0 Å². The molecule has 4 heteroatoms. The number of ether oxygens (including phenoxy) is 2. The minimum atomic E-state index is -0.329. The van der Waals surface area contributed by atoms with Gasteiger partial charge in [-0.25, -0.2) is 4.79 Å². The first kappa shape index (κ1) is 17.7. The van der Waals surface area contributed by atoms with Crippen LogP contribution in [0.5, 0.6) is 0 Å². The second-order valence-electron chi connectivity index (χ2n) is 8.58. The molecule has 0 aliphatic heterocycles. The van der Waals surface area contributed by atoms with E-state index >= 15 is 0 Å². The van der Waals surface area contributed by atoms with Crippen molar-refractivity contribution in [3.05, 3.63) is 41.5 Å². The molecule has 4 atom stereocenters. The van der Waals surface area contributed by atoms with Crippen LogP contribution in [0.1, 0.15) is 49.7 Å². The molecule has 0 aromatic heterocycles. The van der Waals surface area contributed by atoms with E-state index in [4.69, 9.17) is 4.74 Å². The Hall–Kier alpha value is -1.65. The van der Waals surface area contributed by atoms with Gasteiger partial charge in [-0.1, -0.05) is 24.3 Å². The van der Waals surface area contributed by atoms with Crippen molar-refractivity contribution in [3.63, 3.8) is 0 Å². The first-order valence-corrected chi connectivity index (χ1v) is 9.69. The Morgan fingerprint density at radius 1 is 1.15 bits per heavy atom. The van der Waals surface area contributed by atoms with Crippen LogP contribution in [0.15, 0.2) is 30.3 Å². The summed E-state index contributed by atoms with van der Waals surface area (Å²) in [5.41, 5.74) is 2.66. The van der Waals surface area contributed by atoms with Crippen LogP contribution < -0.4 is 5.32 Å². The average molecular weight is 355 g/mol. The highest BCUT2D eigenvalue weighted by Gasteiger charge is 2.57. The van der Waals surface area contributed by atoms with Crippen molar-refractivity contribution in [3.8, 4) is 0 Å². The van der Waals surface area contributed by atoms with E-state index in [1.54, 1.807) is 6.08 Å². The van der Waals surface area contributed by atoms with E-state index in [2.05, 4.69) is 22.2 Å². The number of rotatable bonds is 6. The minimum absolute atomic E-state index is 0.125. The van der Waals surface area contributed by atoms with Gasteiger partial charge in [-0.15, -0.1) is 0 Å². The summed E-state index contributed by atoms with van der Waals surface area (Å²) in [5.74, 6) is 1.33. The molecule has 2 unspecified atom stereocenters. The Bertz CT molecular complexity index is 680. The summed E-state index contributed by atoms with van der Waals surface area (Å²) >= 11 is 0. The van der Waals surface area contributed by atoms with Crippen molar-refractivity contribution in [2.45, 2.75) is 56.2 Å². The molecule has 1 aromatic rings. The van der Waals surface area contributed by atoms with Crippen LogP contribution >= 0.6 is 0 Å². The number of carbonyl (C=O) groups excluding carboxylic acids is 1. The molecule has 1 N–H and O–H groups in total. The normalized spacial score (nSPS) is 35.2. The molecule has 0 radical (unpaired) electrons. The van der Waals surface area contributed by atoms with E-state index in [0.29, 0.717) is 0 Å². The summed E-state index contributed by atoms with van der Waals surface area (Å²) in [5, 5.41) is 3.91. The molecule has 4 bridgehead atoms. The molecular formula is C22H29NO3. The highest BCUT2D eigenvalue weighted by Crippen LogP contribution is 2.58. The molecule has 0 heterocycles. The van der Waals surface area contributed by atoms with Crippen LogP contribution in [0, 0.1) is 11.8 Å². The number of hydrogen-bond donors (Lipinski definition) is 1. The molecule has 0 spiro atoms. The number of nitrogens with one attached hydrogen (secondary N) is 1. The summed E-state index contributed by atoms with van der Waals surface area (Å²) in [6.45, 7) is 0.889. The predicted molar refractivity (Wildman–Crippen MR) is 101 cm³/mol. The van der Waals surface area contributed by atoms with Gasteiger partial charge < -0.3 is 14.8 Å². The molecule has 4 fully saturated rings. The SMILES string of the molecule is COC(=O)/C=C/c1ccc(CNC23C[C@H]4C[C@@H](C2)CC(OC)(C4)C3)cc1. The maximum absolute atomic E-state index is 11.2. The number of esters is 1. The maximum Gasteiger partial charge on any atom is 0.330 e. The van der Waals surface area contributed by atoms with E-state index in [1.165, 1.54) is 50.9 Å². The molecule has 0 amide bonds. The third-order valence-electron chi connectivity index (χ3n) is 6.70. The van der Waals surface area contributed by atoms with Crippen molar-refractivity contribution in [2.75, 3.05) is 14.2 Å². The van der Waals surface area contributed by atoms with Crippen molar-refractivity contribution < 1.29 is 14.3 Å². The predicted octanol–water partition coefficient (Wildman–Crippen LogP) is 3.70. The Kier molecular flexibility index (Phi) is 4.66. The molecule has 0 saturated heterocycles. The smallest absolute Gasteiger partial charge is 0.330 e. The lowest BCUT2D eigenvalue weighted by Crippen LogP contribution is -2.64. The molecule has 1 aromatic carbocycles. The summed E-state index contributed by atoms with van der Waals surface area (Å²) in [7, 11) is 3.29. The lowest BCUT2D eigenvalue weighted by Gasteiger charge is -2.61. The van der Waals surface area contributed by atoms with Crippen LogP contribution in [0.4, 0.5) is 0 Å². The Morgan fingerprint density at radius 2 is 1.85 bits per heavy atom.